The van der Waals surface area contributed by atoms with Crippen LogP contribution < -0.4 is 5.73 Å². The highest BCUT2D eigenvalue weighted by Gasteiger charge is 2.28. The average molecular weight is 259 g/mol. The van der Waals surface area contributed by atoms with Crippen LogP contribution in [-0.2, 0) is 4.79 Å². The Hall–Kier alpha value is -1.30. The van der Waals surface area contributed by atoms with Crippen LogP contribution in [0.1, 0.15) is 40.0 Å². The molecule has 0 heterocycles. The van der Waals surface area contributed by atoms with Crippen molar-refractivity contribution in [2.45, 2.75) is 46.1 Å². The molecule has 0 aromatic carbocycles. The molecule has 1 amide bonds. The molecule has 0 radical (unpaired) electrons. The highest BCUT2D eigenvalue weighted by Crippen LogP contribution is 2.14. The second-order valence-electron chi connectivity index (χ2n) is 4.57. The van der Waals surface area contributed by atoms with E-state index in [9.17, 15) is 4.79 Å². The molecule has 1 unspecified atom stereocenters. The smallest absolute Gasteiger partial charge is 0.233 e. The highest BCUT2D eigenvalue weighted by molar-refractivity contribution is 6.02. The van der Waals surface area contributed by atoms with E-state index in [4.69, 9.17) is 16.0 Å². The number of aliphatic hydroxyl groups is 1. The van der Waals surface area contributed by atoms with Crippen LogP contribution in [0.2, 0.25) is 0 Å². The Kier molecular flexibility index (Phi) is 8.11. The summed E-state index contributed by atoms with van der Waals surface area (Å²) in [6.07, 6.45) is 1.86. The molecule has 1 atom stereocenters. The van der Waals surface area contributed by atoms with Crippen LogP contribution in [0.5, 0.6) is 0 Å². The Balaban J connectivity index is 4.88. The third-order valence-corrected chi connectivity index (χ3v) is 2.81. The molecule has 0 fully saturated rings. The molecule has 0 aliphatic heterocycles. The molecule has 0 rings (SSSR count). The van der Waals surface area contributed by atoms with Gasteiger partial charge in [0.2, 0.25) is 5.91 Å². The van der Waals surface area contributed by atoms with Gasteiger partial charge in [-0.3, -0.25) is 4.79 Å². The van der Waals surface area contributed by atoms with E-state index >= 15 is 0 Å². The van der Waals surface area contributed by atoms with Crippen molar-refractivity contribution in [2.75, 3.05) is 13.2 Å². The van der Waals surface area contributed by atoms with Crippen molar-refractivity contribution in [3.8, 4) is 0 Å². The number of hydrogen-bond donors (Lipinski definition) is 3. The van der Waals surface area contributed by atoms with Gasteiger partial charge >= 0.3 is 0 Å². The van der Waals surface area contributed by atoms with Crippen molar-refractivity contribution in [2.24, 2.45) is 16.8 Å². The summed E-state index contributed by atoms with van der Waals surface area (Å²) in [7, 11) is 0. The largest absolute Gasteiger partial charge is 0.409 e. The summed E-state index contributed by atoms with van der Waals surface area (Å²) in [6.45, 7) is 6.28. The summed E-state index contributed by atoms with van der Waals surface area (Å²) in [5, 5.41) is 20.5. The fraction of sp³-hybridized carbons (Fsp3) is 0.833. The molecule has 0 aromatic rings. The van der Waals surface area contributed by atoms with Gasteiger partial charge in [-0.25, -0.2) is 0 Å². The Bertz CT molecular complexity index is 280. The van der Waals surface area contributed by atoms with Crippen LogP contribution in [0.3, 0.4) is 0 Å². The lowest BCUT2D eigenvalue weighted by Crippen LogP contribution is -2.45. The first-order valence-electron chi connectivity index (χ1n) is 6.38. The minimum Gasteiger partial charge on any atom is -0.409 e. The van der Waals surface area contributed by atoms with Crippen LogP contribution in [0.4, 0.5) is 0 Å². The molecule has 4 N–H and O–H groups in total. The molecule has 0 bridgehead atoms. The number of hydrogen-bond acceptors (Lipinski definition) is 4. The number of aliphatic hydroxyl groups excluding tert-OH is 1. The van der Waals surface area contributed by atoms with Crippen molar-refractivity contribution in [1.29, 1.82) is 0 Å². The first-order chi connectivity index (χ1) is 8.49. The summed E-state index contributed by atoms with van der Waals surface area (Å²) < 4.78 is 0. The van der Waals surface area contributed by atoms with Gasteiger partial charge in [0.1, 0.15) is 0 Å². The summed E-state index contributed by atoms with van der Waals surface area (Å²) in [5.41, 5.74) is 5.57. The molecule has 0 saturated heterocycles. The highest BCUT2D eigenvalue weighted by atomic mass is 16.4. The van der Waals surface area contributed by atoms with Crippen LogP contribution in [0.25, 0.3) is 0 Å². The van der Waals surface area contributed by atoms with Gasteiger partial charge in [0, 0.05) is 19.2 Å². The molecule has 106 valence electrons. The summed E-state index contributed by atoms with van der Waals surface area (Å²) in [6, 6.07) is 0.0231. The number of oxime groups is 1. The van der Waals surface area contributed by atoms with Crippen molar-refractivity contribution in [1.82, 2.24) is 4.90 Å². The van der Waals surface area contributed by atoms with Gasteiger partial charge in [-0.05, 0) is 26.7 Å². The fourth-order valence-corrected chi connectivity index (χ4v) is 1.82. The zero-order chi connectivity index (χ0) is 14.1. The van der Waals surface area contributed by atoms with Crippen LogP contribution in [0, 0.1) is 5.92 Å². The molecule has 0 saturated carbocycles. The number of nitrogens with zero attached hydrogens (tertiary/aromatic N) is 2. The lowest BCUT2D eigenvalue weighted by molar-refractivity contribution is -0.135. The molecule has 0 aromatic heterocycles. The summed E-state index contributed by atoms with van der Waals surface area (Å²) in [4.78, 5) is 14.0. The minimum absolute atomic E-state index is 0.0231. The minimum atomic E-state index is -0.582. The maximum Gasteiger partial charge on any atom is 0.233 e. The molecule has 6 heteroatoms. The van der Waals surface area contributed by atoms with Gasteiger partial charge in [0.25, 0.3) is 0 Å². The first-order valence-corrected chi connectivity index (χ1v) is 6.38. The number of carbonyl (C=O) groups excluding carboxylic acids is 1. The number of amidine groups is 1. The van der Waals surface area contributed by atoms with Crippen LogP contribution in [0.15, 0.2) is 5.16 Å². The normalized spacial score (nSPS) is 13.7. The molecule has 6 nitrogen and oxygen atoms in total. The number of rotatable bonds is 8. The van der Waals surface area contributed by atoms with E-state index in [-0.39, 0.29) is 24.4 Å². The fourth-order valence-electron chi connectivity index (χ4n) is 1.82. The number of carbonyl (C=O) groups is 1. The standard InChI is InChI=1S/C12H25N3O3/c1-4-6-10(11(13)14-18)12(17)15(9(2)3)7-5-8-16/h9-10,16,18H,4-8H2,1-3H3,(H2,13,14). The SMILES string of the molecule is CCCC(C(=O)N(CCCO)C(C)C)C(N)=NO. The van der Waals surface area contributed by atoms with E-state index in [0.717, 1.165) is 6.42 Å². The van der Waals surface area contributed by atoms with E-state index in [1.807, 2.05) is 20.8 Å². The van der Waals surface area contributed by atoms with E-state index in [0.29, 0.717) is 19.4 Å². The molecular weight excluding hydrogens is 234 g/mol. The van der Waals surface area contributed by atoms with Gasteiger partial charge < -0.3 is 20.9 Å². The molecule has 0 spiro atoms. The van der Waals surface area contributed by atoms with Gasteiger partial charge in [-0.1, -0.05) is 18.5 Å². The maximum absolute atomic E-state index is 12.4. The second kappa shape index (κ2) is 8.74. The maximum atomic E-state index is 12.4. The van der Waals surface area contributed by atoms with Gasteiger partial charge in [0.15, 0.2) is 5.84 Å². The van der Waals surface area contributed by atoms with Crippen LogP contribution in [-0.4, -0.2) is 46.1 Å². The topological polar surface area (TPSA) is 99.2 Å². The second-order valence-corrected chi connectivity index (χ2v) is 4.57. The lowest BCUT2D eigenvalue weighted by atomic mass is 10.00. The van der Waals surface area contributed by atoms with Gasteiger partial charge in [-0.15, -0.1) is 0 Å². The Morgan fingerprint density at radius 2 is 2.06 bits per heavy atom. The van der Waals surface area contributed by atoms with E-state index in [1.54, 1.807) is 4.90 Å². The molecule has 0 aliphatic rings. The predicted octanol–water partition coefficient (Wildman–Crippen LogP) is 0.769. The third kappa shape index (κ3) is 4.91. The molecule has 0 aliphatic carbocycles. The van der Waals surface area contributed by atoms with Crippen molar-refractivity contribution >= 4 is 11.7 Å². The Morgan fingerprint density at radius 1 is 1.44 bits per heavy atom. The Morgan fingerprint density at radius 3 is 2.44 bits per heavy atom. The van der Waals surface area contributed by atoms with Gasteiger partial charge in [-0.2, -0.15) is 0 Å². The van der Waals surface area contributed by atoms with E-state index in [2.05, 4.69) is 5.16 Å². The number of nitrogens with two attached hydrogens (primary N) is 1. The first kappa shape index (κ1) is 16.7. The van der Waals surface area contributed by atoms with E-state index in [1.165, 1.54) is 0 Å². The lowest BCUT2D eigenvalue weighted by Gasteiger charge is -2.30. The van der Waals surface area contributed by atoms with E-state index < -0.39 is 5.92 Å². The molecular formula is C12H25N3O3. The van der Waals surface area contributed by atoms with Crippen molar-refractivity contribution in [3.63, 3.8) is 0 Å². The molecule has 18 heavy (non-hydrogen) atoms. The van der Waals surface area contributed by atoms with Crippen molar-refractivity contribution in [3.05, 3.63) is 0 Å². The zero-order valence-electron chi connectivity index (χ0n) is 11.5. The Labute approximate surface area is 108 Å². The monoisotopic (exact) mass is 259 g/mol. The van der Waals surface area contributed by atoms with Gasteiger partial charge in [0.05, 0.1) is 5.92 Å². The van der Waals surface area contributed by atoms with Crippen molar-refractivity contribution < 1.29 is 15.1 Å². The zero-order valence-corrected chi connectivity index (χ0v) is 11.5. The number of amides is 1. The quantitative estimate of drug-likeness (QED) is 0.259. The van der Waals surface area contributed by atoms with Crippen LogP contribution >= 0.6 is 0 Å². The predicted molar refractivity (Wildman–Crippen MR) is 70.4 cm³/mol. The average Bonchev–Trinajstić information content (AvgIpc) is 2.34. The summed E-state index contributed by atoms with van der Waals surface area (Å²) in [5.74, 6) is -0.770. The summed E-state index contributed by atoms with van der Waals surface area (Å²) >= 11 is 0. The third-order valence-electron chi connectivity index (χ3n) is 2.81.